The minimum atomic E-state index is -0.214. The lowest BCUT2D eigenvalue weighted by atomic mass is 10.2. The molecule has 0 bridgehead atoms. The first kappa shape index (κ1) is 19.2. The van der Waals surface area contributed by atoms with E-state index in [0.29, 0.717) is 24.5 Å². The Morgan fingerprint density at radius 2 is 1.89 bits per heavy atom. The van der Waals surface area contributed by atoms with Crippen LogP contribution in [-0.4, -0.2) is 31.1 Å². The van der Waals surface area contributed by atoms with Gasteiger partial charge in [-0.05, 0) is 42.8 Å². The number of carbonyl (C=O) groups excluding carboxylic acids is 2. The van der Waals surface area contributed by atoms with Crippen molar-refractivity contribution >= 4 is 34.9 Å². The molecule has 27 heavy (non-hydrogen) atoms. The van der Waals surface area contributed by atoms with Crippen molar-refractivity contribution in [3.8, 4) is 0 Å². The van der Waals surface area contributed by atoms with Crippen LogP contribution in [0.25, 0.3) is 0 Å². The number of unbranched alkanes of at least 4 members (excludes halogenated alkanes) is 1. The van der Waals surface area contributed by atoms with E-state index in [4.69, 9.17) is 11.6 Å². The summed E-state index contributed by atoms with van der Waals surface area (Å²) in [4.78, 5) is 28.7. The van der Waals surface area contributed by atoms with Gasteiger partial charge in [-0.25, -0.2) is 4.79 Å². The molecule has 3 amide bonds. The summed E-state index contributed by atoms with van der Waals surface area (Å²) >= 11 is 5.92. The lowest BCUT2D eigenvalue weighted by molar-refractivity contribution is -0.117. The number of nitrogens with one attached hydrogen (secondary N) is 1. The maximum Gasteiger partial charge on any atom is 0.322 e. The molecule has 0 radical (unpaired) electrons. The van der Waals surface area contributed by atoms with Gasteiger partial charge in [0.25, 0.3) is 0 Å². The fourth-order valence-electron chi connectivity index (χ4n) is 3.20. The molecule has 1 fully saturated rings. The average molecular weight is 386 g/mol. The number of hydrogen-bond acceptors (Lipinski definition) is 2. The zero-order valence-corrected chi connectivity index (χ0v) is 16.2. The number of amides is 3. The molecule has 1 aliphatic rings. The highest BCUT2D eigenvalue weighted by molar-refractivity contribution is 6.30. The number of para-hydroxylation sites is 1. The van der Waals surface area contributed by atoms with Crippen molar-refractivity contribution in [2.24, 2.45) is 0 Å². The summed E-state index contributed by atoms with van der Waals surface area (Å²) in [6, 6.07) is 16.4. The molecule has 0 unspecified atom stereocenters. The second kappa shape index (κ2) is 8.91. The fourth-order valence-corrected chi connectivity index (χ4v) is 3.33. The molecule has 6 heteroatoms. The van der Waals surface area contributed by atoms with E-state index < -0.39 is 0 Å². The standard InChI is InChI=1S/C21H24ClN3O2/c1-2-3-13-24(18-7-5-4-6-8-18)21(27)23-17-14-20(26)25(15-17)19-11-9-16(22)10-12-19/h4-12,17H,2-3,13-15H2,1H3,(H,23,27)/t17-/m1/s1. The third-order valence-electron chi connectivity index (χ3n) is 4.64. The Morgan fingerprint density at radius 1 is 1.19 bits per heavy atom. The Hall–Kier alpha value is -2.53. The van der Waals surface area contributed by atoms with Gasteiger partial charge in [0.2, 0.25) is 5.91 Å². The lowest BCUT2D eigenvalue weighted by Gasteiger charge is -2.25. The Balaban J connectivity index is 1.67. The minimum absolute atomic E-state index is 0.00226. The number of benzene rings is 2. The molecule has 1 atom stereocenters. The number of halogens is 1. The largest absolute Gasteiger partial charge is 0.333 e. The first-order chi connectivity index (χ1) is 13.1. The van der Waals surface area contributed by atoms with Crippen LogP contribution in [-0.2, 0) is 4.79 Å². The van der Waals surface area contributed by atoms with Crippen molar-refractivity contribution in [2.45, 2.75) is 32.2 Å². The molecule has 1 aliphatic heterocycles. The molecule has 142 valence electrons. The summed E-state index contributed by atoms with van der Waals surface area (Å²) in [6.45, 7) is 3.21. The average Bonchev–Trinajstić information content (AvgIpc) is 3.03. The number of rotatable bonds is 6. The number of hydrogen-bond donors (Lipinski definition) is 1. The third kappa shape index (κ3) is 4.80. The molecule has 1 N–H and O–H groups in total. The number of carbonyl (C=O) groups is 2. The summed E-state index contributed by atoms with van der Waals surface area (Å²) in [6.07, 6.45) is 2.22. The van der Waals surface area contributed by atoms with E-state index in [1.54, 1.807) is 21.9 Å². The van der Waals surface area contributed by atoms with Gasteiger partial charge in [0.05, 0.1) is 6.04 Å². The second-order valence-corrected chi connectivity index (χ2v) is 7.11. The van der Waals surface area contributed by atoms with Crippen LogP contribution in [0.2, 0.25) is 5.02 Å². The van der Waals surface area contributed by atoms with Gasteiger partial charge in [-0.2, -0.15) is 0 Å². The van der Waals surface area contributed by atoms with Gasteiger partial charge < -0.3 is 10.2 Å². The smallest absolute Gasteiger partial charge is 0.322 e. The van der Waals surface area contributed by atoms with Crippen LogP contribution in [0.4, 0.5) is 16.2 Å². The van der Waals surface area contributed by atoms with E-state index in [9.17, 15) is 9.59 Å². The van der Waals surface area contributed by atoms with E-state index in [1.807, 2.05) is 42.5 Å². The Bertz CT molecular complexity index is 780. The molecule has 0 saturated carbocycles. The van der Waals surface area contributed by atoms with Gasteiger partial charge >= 0.3 is 6.03 Å². The lowest BCUT2D eigenvalue weighted by Crippen LogP contribution is -2.46. The second-order valence-electron chi connectivity index (χ2n) is 6.67. The quantitative estimate of drug-likeness (QED) is 0.798. The first-order valence-corrected chi connectivity index (χ1v) is 9.65. The molecule has 2 aromatic carbocycles. The van der Waals surface area contributed by atoms with Crippen LogP contribution in [0, 0.1) is 0 Å². The highest BCUT2D eigenvalue weighted by Crippen LogP contribution is 2.24. The molecule has 1 heterocycles. The van der Waals surface area contributed by atoms with E-state index in [-0.39, 0.29) is 18.0 Å². The molecule has 5 nitrogen and oxygen atoms in total. The topological polar surface area (TPSA) is 52.7 Å². The third-order valence-corrected chi connectivity index (χ3v) is 4.89. The van der Waals surface area contributed by atoms with E-state index in [1.165, 1.54) is 0 Å². The van der Waals surface area contributed by atoms with E-state index in [2.05, 4.69) is 12.2 Å². The molecule has 1 saturated heterocycles. The summed E-state index contributed by atoms with van der Waals surface area (Å²) < 4.78 is 0. The van der Waals surface area contributed by atoms with Gasteiger partial charge in [0, 0.05) is 35.9 Å². The van der Waals surface area contributed by atoms with E-state index in [0.717, 1.165) is 24.2 Å². The monoisotopic (exact) mass is 385 g/mol. The van der Waals surface area contributed by atoms with Crippen LogP contribution in [0.15, 0.2) is 54.6 Å². The summed E-state index contributed by atoms with van der Waals surface area (Å²) in [5, 5.41) is 3.66. The molecule has 3 rings (SSSR count). The molecule has 0 aliphatic carbocycles. The fraction of sp³-hybridized carbons (Fsp3) is 0.333. The maximum atomic E-state index is 12.9. The van der Waals surface area contributed by atoms with Crippen LogP contribution in [0.5, 0.6) is 0 Å². The van der Waals surface area contributed by atoms with Crippen molar-refractivity contribution in [3.05, 3.63) is 59.6 Å². The van der Waals surface area contributed by atoms with Gasteiger partial charge in [-0.1, -0.05) is 43.1 Å². The van der Waals surface area contributed by atoms with Crippen molar-refractivity contribution < 1.29 is 9.59 Å². The van der Waals surface area contributed by atoms with Crippen LogP contribution in [0.3, 0.4) is 0 Å². The van der Waals surface area contributed by atoms with Crippen molar-refractivity contribution in [2.75, 3.05) is 22.9 Å². The van der Waals surface area contributed by atoms with Crippen LogP contribution < -0.4 is 15.1 Å². The maximum absolute atomic E-state index is 12.9. The molecular formula is C21H24ClN3O2. The molecule has 2 aromatic rings. The Kier molecular flexibility index (Phi) is 6.35. The van der Waals surface area contributed by atoms with Gasteiger partial charge in [-0.15, -0.1) is 0 Å². The number of anilines is 2. The Morgan fingerprint density at radius 3 is 2.56 bits per heavy atom. The van der Waals surface area contributed by atoms with Crippen LogP contribution >= 0.6 is 11.6 Å². The number of urea groups is 1. The normalized spacial score (nSPS) is 16.4. The zero-order valence-electron chi connectivity index (χ0n) is 15.4. The van der Waals surface area contributed by atoms with Gasteiger partial charge in [0.15, 0.2) is 0 Å². The number of nitrogens with zero attached hydrogens (tertiary/aromatic N) is 2. The molecular weight excluding hydrogens is 362 g/mol. The minimum Gasteiger partial charge on any atom is -0.333 e. The van der Waals surface area contributed by atoms with Crippen molar-refractivity contribution in [3.63, 3.8) is 0 Å². The van der Waals surface area contributed by atoms with Crippen molar-refractivity contribution in [1.82, 2.24) is 5.32 Å². The molecule has 0 aromatic heterocycles. The highest BCUT2D eigenvalue weighted by atomic mass is 35.5. The Labute approximate surface area is 164 Å². The predicted molar refractivity (Wildman–Crippen MR) is 109 cm³/mol. The van der Waals surface area contributed by atoms with Crippen molar-refractivity contribution in [1.29, 1.82) is 0 Å². The van der Waals surface area contributed by atoms with Crippen LogP contribution in [0.1, 0.15) is 26.2 Å². The predicted octanol–water partition coefficient (Wildman–Crippen LogP) is 4.46. The summed E-state index contributed by atoms with van der Waals surface area (Å²) in [7, 11) is 0. The summed E-state index contributed by atoms with van der Waals surface area (Å²) in [5.41, 5.74) is 1.66. The highest BCUT2D eigenvalue weighted by Gasteiger charge is 2.32. The molecule has 0 spiro atoms. The SMILES string of the molecule is CCCCN(C(=O)N[C@@H]1CC(=O)N(c2ccc(Cl)cc2)C1)c1ccccc1. The summed E-state index contributed by atoms with van der Waals surface area (Å²) in [5.74, 6) is 0.00226. The van der Waals surface area contributed by atoms with Gasteiger partial charge in [0.1, 0.15) is 0 Å². The van der Waals surface area contributed by atoms with Gasteiger partial charge in [-0.3, -0.25) is 9.69 Å². The first-order valence-electron chi connectivity index (χ1n) is 9.27. The van der Waals surface area contributed by atoms with E-state index >= 15 is 0 Å². The zero-order chi connectivity index (χ0) is 19.2.